The molecule has 106 valence electrons. The molecule has 6 heteroatoms. The Balaban J connectivity index is 3.89. The van der Waals surface area contributed by atoms with Gasteiger partial charge in [-0.3, -0.25) is 0 Å². The first-order valence-electron chi connectivity index (χ1n) is 6.07. The first-order chi connectivity index (χ1) is 8.63. The molecule has 6 nitrogen and oxygen atoms in total. The lowest BCUT2D eigenvalue weighted by atomic mass is 10.4. The molecule has 0 aromatic heterocycles. The van der Waals surface area contributed by atoms with Crippen LogP contribution in [0.5, 0.6) is 0 Å². The summed E-state index contributed by atoms with van der Waals surface area (Å²) in [5.41, 5.74) is 5.90. The molecule has 0 rings (SSSR count). The van der Waals surface area contributed by atoms with Crippen LogP contribution in [0.1, 0.15) is 20.8 Å². The van der Waals surface area contributed by atoms with Gasteiger partial charge in [0.15, 0.2) is 6.29 Å². The molecule has 0 heterocycles. The topological polar surface area (TPSA) is 80.0 Å². The van der Waals surface area contributed by atoms with Gasteiger partial charge in [-0.15, -0.1) is 0 Å². The fourth-order valence-corrected chi connectivity index (χ4v) is 1.17. The van der Waals surface area contributed by atoms with Crippen molar-refractivity contribution in [1.82, 2.24) is 0 Å². The molecule has 0 aliphatic rings. The van der Waals surface area contributed by atoms with Crippen molar-refractivity contribution in [1.29, 1.82) is 0 Å². The molecule has 0 spiro atoms. The van der Waals surface area contributed by atoms with Gasteiger partial charge in [0.05, 0.1) is 19.8 Å². The van der Waals surface area contributed by atoms with Crippen LogP contribution < -0.4 is 5.73 Å². The summed E-state index contributed by atoms with van der Waals surface area (Å²) >= 11 is 0. The van der Waals surface area contributed by atoms with Crippen molar-refractivity contribution in [3.63, 3.8) is 0 Å². The normalized spacial score (nSPS) is 11.9. The average molecular weight is 261 g/mol. The first kappa shape index (κ1) is 16.9. The van der Waals surface area contributed by atoms with E-state index in [0.717, 1.165) is 0 Å². The Kier molecular flexibility index (Phi) is 10.3. The summed E-state index contributed by atoms with van der Waals surface area (Å²) < 4.78 is 20.6. The third-order valence-corrected chi connectivity index (χ3v) is 1.82. The van der Waals surface area contributed by atoms with E-state index in [1.807, 2.05) is 13.8 Å². The van der Waals surface area contributed by atoms with Gasteiger partial charge in [0, 0.05) is 25.0 Å². The van der Waals surface area contributed by atoms with Crippen molar-refractivity contribution < 1.29 is 23.7 Å². The predicted octanol–water partition coefficient (Wildman–Crippen LogP) is 0.808. The molecule has 0 saturated carbocycles. The Labute approximate surface area is 108 Å². The van der Waals surface area contributed by atoms with Gasteiger partial charge in [0.2, 0.25) is 0 Å². The van der Waals surface area contributed by atoms with Crippen LogP contribution in [-0.2, 0) is 23.7 Å². The second-order valence-electron chi connectivity index (χ2n) is 3.33. The van der Waals surface area contributed by atoms with Crippen LogP contribution in [-0.4, -0.2) is 45.3 Å². The number of esters is 1. The van der Waals surface area contributed by atoms with E-state index in [1.165, 1.54) is 6.08 Å². The molecule has 0 aliphatic heterocycles. The van der Waals surface area contributed by atoms with E-state index >= 15 is 0 Å². The zero-order valence-corrected chi connectivity index (χ0v) is 11.3. The fourth-order valence-electron chi connectivity index (χ4n) is 1.17. The van der Waals surface area contributed by atoms with E-state index in [-0.39, 0.29) is 13.2 Å². The Morgan fingerprint density at radius 1 is 1.17 bits per heavy atom. The summed E-state index contributed by atoms with van der Waals surface area (Å²) in [4.78, 5) is 11.1. The molecule has 18 heavy (non-hydrogen) atoms. The van der Waals surface area contributed by atoms with Gasteiger partial charge in [-0.1, -0.05) is 0 Å². The third-order valence-electron chi connectivity index (χ3n) is 1.82. The Bertz CT molecular complexity index is 249. The lowest BCUT2D eigenvalue weighted by molar-refractivity contribution is -0.165. The van der Waals surface area contributed by atoms with E-state index < -0.39 is 12.3 Å². The number of rotatable bonds is 10. The molecular formula is C12H23NO5. The Morgan fingerprint density at radius 3 is 2.28 bits per heavy atom. The van der Waals surface area contributed by atoms with Gasteiger partial charge < -0.3 is 24.7 Å². The molecule has 0 amide bonds. The van der Waals surface area contributed by atoms with E-state index in [2.05, 4.69) is 0 Å². The molecule has 0 atom stereocenters. The molecule has 0 unspecified atom stereocenters. The highest BCUT2D eigenvalue weighted by Gasteiger charge is 2.08. The lowest BCUT2D eigenvalue weighted by Gasteiger charge is -2.16. The highest BCUT2D eigenvalue weighted by Crippen LogP contribution is 1.98. The molecular weight excluding hydrogens is 238 g/mol. The average Bonchev–Trinajstić information content (AvgIpc) is 2.29. The van der Waals surface area contributed by atoms with Crippen molar-refractivity contribution in [2.45, 2.75) is 27.1 Å². The monoisotopic (exact) mass is 261 g/mol. The fraction of sp³-hybridized carbons (Fsp3) is 0.750. The van der Waals surface area contributed by atoms with Crippen molar-refractivity contribution >= 4 is 5.97 Å². The van der Waals surface area contributed by atoms with Crippen molar-refractivity contribution in [3.8, 4) is 0 Å². The van der Waals surface area contributed by atoms with Gasteiger partial charge in [0.1, 0.15) is 0 Å². The van der Waals surface area contributed by atoms with E-state index in [4.69, 9.17) is 24.7 Å². The summed E-state index contributed by atoms with van der Waals surface area (Å²) in [6.07, 6.45) is 0.801. The van der Waals surface area contributed by atoms with Crippen LogP contribution in [0.2, 0.25) is 0 Å². The van der Waals surface area contributed by atoms with Crippen LogP contribution in [0.3, 0.4) is 0 Å². The summed E-state index contributed by atoms with van der Waals surface area (Å²) in [5, 5.41) is 0. The van der Waals surface area contributed by atoms with Gasteiger partial charge in [-0.05, 0) is 20.8 Å². The molecule has 0 aliphatic carbocycles. The quantitative estimate of drug-likeness (QED) is 0.356. The maximum Gasteiger partial charge on any atom is 0.332 e. The zero-order chi connectivity index (χ0) is 13.8. The number of hydrogen-bond donors (Lipinski definition) is 1. The number of carbonyl (C=O) groups is 1. The zero-order valence-electron chi connectivity index (χ0n) is 11.3. The Hall–Kier alpha value is -1.11. The smallest absolute Gasteiger partial charge is 0.332 e. The first-order valence-corrected chi connectivity index (χ1v) is 6.07. The van der Waals surface area contributed by atoms with Crippen LogP contribution in [0.4, 0.5) is 0 Å². The number of nitrogens with two attached hydrogens (primary N) is 1. The molecule has 0 bridgehead atoms. The number of carbonyl (C=O) groups excluding carboxylic acids is 1. The summed E-state index contributed by atoms with van der Waals surface area (Å²) in [6, 6.07) is 0. The molecule has 0 aromatic rings. The lowest BCUT2D eigenvalue weighted by Crippen LogP contribution is -2.25. The molecule has 0 saturated heterocycles. The maximum atomic E-state index is 11.1. The van der Waals surface area contributed by atoms with E-state index in [1.54, 1.807) is 6.92 Å². The number of hydrogen-bond acceptors (Lipinski definition) is 6. The van der Waals surface area contributed by atoms with Gasteiger partial charge in [-0.25, -0.2) is 4.79 Å². The predicted molar refractivity (Wildman–Crippen MR) is 66.8 cm³/mol. The van der Waals surface area contributed by atoms with E-state index in [9.17, 15) is 4.79 Å². The SMILES string of the molecule is CCOC(=O)/C=C(/N)COCC(OCC)OCC. The molecule has 0 radical (unpaired) electrons. The molecule has 0 aromatic carbocycles. The largest absolute Gasteiger partial charge is 0.463 e. The molecule has 0 fully saturated rings. The second kappa shape index (κ2) is 11.0. The second-order valence-corrected chi connectivity index (χ2v) is 3.33. The third kappa shape index (κ3) is 8.98. The van der Waals surface area contributed by atoms with Crippen molar-refractivity contribution in [2.75, 3.05) is 33.0 Å². The minimum atomic E-state index is -0.468. The van der Waals surface area contributed by atoms with Crippen LogP contribution in [0, 0.1) is 0 Å². The highest BCUT2D eigenvalue weighted by molar-refractivity contribution is 5.82. The van der Waals surface area contributed by atoms with Crippen molar-refractivity contribution in [2.24, 2.45) is 5.73 Å². The number of ether oxygens (including phenoxy) is 4. The van der Waals surface area contributed by atoms with Crippen LogP contribution in [0.25, 0.3) is 0 Å². The standard InChI is InChI=1S/C12H23NO5/c1-4-16-11(14)7-10(13)8-15-9-12(17-5-2)18-6-3/h7,12H,4-6,8-9,13H2,1-3H3/b10-7+. The maximum absolute atomic E-state index is 11.1. The summed E-state index contributed by atoms with van der Waals surface area (Å²) in [5.74, 6) is -0.468. The van der Waals surface area contributed by atoms with Gasteiger partial charge in [-0.2, -0.15) is 0 Å². The Morgan fingerprint density at radius 2 is 1.78 bits per heavy atom. The van der Waals surface area contributed by atoms with Crippen LogP contribution in [0.15, 0.2) is 11.8 Å². The van der Waals surface area contributed by atoms with Crippen molar-refractivity contribution in [3.05, 3.63) is 11.8 Å². The molecule has 2 N–H and O–H groups in total. The summed E-state index contributed by atoms with van der Waals surface area (Å²) in [6.45, 7) is 7.29. The van der Waals surface area contributed by atoms with Crippen LogP contribution >= 0.6 is 0 Å². The van der Waals surface area contributed by atoms with Gasteiger partial charge >= 0.3 is 5.97 Å². The van der Waals surface area contributed by atoms with E-state index in [0.29, 0.717) is 25.5 Å². The minimum absolute atomic E-state index is 0.134. The van der Waals surface area contributed by atoms with Gasteiger partial charge in [0.25, 0.3) is 0 Å². The minimum Gasteiger partial charge on any atom is -0.463 e. The summed E-state index contributed by atoms with van der Waals surface area (Å²) in [7, 11) is 0. The highest BCUT2D eigenvalue weighted by atomic mass is 16.7.